The molecule has 4 nitrogen and oxygen atoms in total. The Bertz CT molecular complexity index is 191. The number of likely N-dealkylation sites (N-methyl/N-ethyl adjacent to an activating group) is 2. The van der Waals surface area contributed by atoms with Crippen LogP contribution < -0.4 is 5.32 Å². The maximum atomic E-state index is 11.6. The molecule has 1 aliphatic rings. The summed E-state index contributed by atoms with van der Waals surface area (Å²) < 4.78 is 5.29. The van der Waals surface area contributed by atoms with Gasteiger partial charge in [-0.1, -0.05) is 6.92 Å². The van der Waals surface area contributed by atoms with E-state index in [4.69, 9.17) is 4.74 Å². The van der Waals surface area contributed by atoms with E-state index in [1.807, 2.05) is 18.9 Å². The molecule has 0 aliphatic carbocycles. The lowest BCUT2D eigenvalue weighted by molar-refractivity contribution is -0.129. The Hall–Kier alpha value is -0.610. The first-order valence-electron chi connectivity index (χ1n) is 5.76. The Morgan fingerprint density at radius 3 is 2.73 bits per heavy atom. The summed E-state index contributed by atoms with van der Waals surface area (Å²) in [5.74, 6) is 0.803. The average molecular weight is 214 g/mol. The molecule has 0 unspecified atom stereocenters. The van der Waals surface area contributed by atoms with E-state index < -0.39 is 0 Å². The zero-order valence-electron chi connectivity index (χ0n) is 9.79. The highest BCUT2D eigenvalue weighted by molar-refractivity contribution is 5.77. The van der Waals surface area contributed by atoms with Crippen molar-refractivity contribution in [3.63, 3.8) is 0 Å². The molecule has 0 aromatic heterocycles. The zero-order valence-corrected chi connectivity index (χ0v) is 9.79. The van der Waals surface area contributed by atoms with E-state index in [9.17, 15) is 4.79 Å². The van der Waals surface area contributed by atoms with Crippen LogP contribution in [0.4, 0.5) is 0 Å². The van der Waals surface area contributed by atoms with Crippen LogP contribution in [0.3, 0.4) is 0 Å². The highest BCUT2D eigenvalue weighted by Crippen LogP contribution is 2.15. The molecule has 1 N–H and O–H groups in total. The molecule has 0 atom stereocenters. The summed E-state index contributed by atoms with van der Waals surface area (Å²) >= 11 is 0. The van der Waals surface area contributed by atoms with Gasteiger partial charge in [-0.15, -0.1) is 0 Å². The zero-order chi connectivity index (χ0) is 11.1. The van der Waals surface area contributed by atoms with Gasteiger partial charge in [-0.25, -0.2) is 0 Å². The first-order chi connectivity index (χ1) is 7.24. The minimum atomic E-state index is 0.184. The van der Waals surface area contributed by atoms with Gasteiger partial charge in [0.15, 0.2) is 0 Å². The third-order valence-corrected chi connectivity index (χ3v) is 2.82. The van der Waals surface area contributed by atoms with Crippen LogP contribution in [0.2, 0.25) is 0 Å². The van der Waals surface area contributed by atoms with Gasteiger partial charge in [0.25, 0.3) is 0 Å². The lowest BCUT2D eigenvalue weighted by Gasteiger charge is -2.27. The predicted octanol–water partition coefficient (Wildman–Crippen LogP) is 0.481. The minimum absolute atomic E-state index is 0.184. The Balaban J connectivity index is 2.20. The third-order valence-electron chi connectivity index (χ3n) is 2.82. The molecule has 0 spiro atoms. The van der Waals surface area contributed by atoms with Crippen molar-refractivity contribution in [1.82, 2.24) is 10.2 Å². The maximum Gasteiger partial charge on any atom is 0.236 e. The van der Waals surface area contributed by atoms with Gasteiger partial charge in [0.05, 0.1) is 6.54 Å². The number of carbonyl (C=O) groups excluding carboxylic acids is 1. The fourth-order valence-corrected chi connectivity index (χ4v) is 1.78. The van der Waals surface area contributed by atoms with Gasteiger partial charge in [0.1, 0.15) is 0 Å². The lowest BCUT2D eigenvalue weighted by atomic mass is 10.00. The van der Waals surface area contributed by atoms with Gasteiger partial charge in [-0.05, 0) is 25.3 Å². The Morgan fingerprint density at radius 2 is 2.13 bits per heavy atom. The molecule has 1 rings (SSSR count). The molecule has 1 amide bonds. The summed E-state index contributed by atoms with van der Waals surface area (Å²) in [5, 5.41) is 3.05. The van der Waals surface area contributed by atoms with Crippen molar-refractivity contribution in [2.24, 2.45) is 5.92 Å². The summed E-state index contributed by atoms with van der Waals surface area (Å²) in [6.07, 6.45) is 2.16. The number of carbonyl (C=O) groups is 1. The lowest BCUT2D eigenvalue weighted by Crippen LogP contribution is -2.39. The topological polar surface area (TPSA) is 41.6 Å². The third kappa shape index (κ3) is 4.62. The molecule has 1 aliphatic heterocycles. The van der Waals surface area contributed by atoms with E-state index in [0.717, 1.165) is 39.1 Å². The van der Waals surface area contributed by atoms with Gasteiger partial charge >= 0.3 is 0 Å². The van der Waals surface area contributed by atoms with Crippen molar-refractivity contribution >= 4 is 5.91 Å². The fraction of sp³-hybridized carbons (Fsp3) is 0.909. The van der Waals surface area contributed by atoms with Crippen LogP contribution >= 0.6 is 0 Å². The fourth-order valence-electron chi connectivity index (χ4n) is 1.78. The highest BCUT2D eigenvalue weighted by atomic mass is 16.5. The summed E-state index contributed by atoms with van der Waals surface area (Å²) in [7, 11) is 1.88. The number of nitrogens with zero attached hydrogens (tertiary/aromatic N) is 1. The second-order valence-electron chi connectivity index (χ2n) is 4.11. The minimum Gasteiger partial charge on any atom is -0.381 e. The van der Waals surface area contributed by atoms with Gasteiger partial charge in [-0.3, -0.25) is 4.79 Å². The number of rotatable bonds is 5. The number of amides is 1. The molecule has 1 heterocycles. The molecule has 0 saturated carbocycles. The Kier molecular flexibility index (Phi) is 5.65. The van der Waals surface area contributed by atoms with E-state index in [0.29, 0.717) is 12.5 Å². The molecule has 1 saturated heterocycles. The van der Waals surface area contributed by atoms with Crippen molar-refractivity contribution in [2.45, 2.75) is 19.8 Å². The van der Waals surface area contributed by atoms with Gasteiger partial charge < -0.3 is 15.0 Å². The molecular formula is C11H22N2O2. The van der Waals surface area contributed by atoms with Gasteiger partial charge in [0, 0.05) is 26.8 Å². The quantitative estimate of drug-likeness (QED) is 0.724. The standard InChI is InChI=1S/C11H22N2O2/c1-3-12-8-11(14)13(2)9-10-4-6-15-7-5-10/h10,12H,3-9H2,1-2H3. The average Bonchev–Trinajstić information content (AvgIpc) is 2.27. The van der Waals surface area contributed by atoms with Crippen LogP contribution in [-0.4, -0.2) is 50.7 Å². The number of ether oxygens (including phenoxy) is 1. The molecule has 0 aromatic rings. The monoisotopic (exact) mass is 214 g/mol. The smallest absolute Gasteiger partial charge is 0.236 e. The highest BCUT2D eigenvalue weighted by Gasteiger charge is 2.17. The second-order valence-corrected chi connectivity index (χ2v) is 4.11. The van der Waals surface area contributed by atoms with Crippen molar-refractivity contribution in [2.75, 3.05) is 39.9 Å². The molecule has 4 heteroatoms. The second kappa shape index (κ2) is 6.80. The summed E-state index contributed by atoms with van der Waals surface area (Å²) in [6, 6.07) is 0. The van der Waals surface area contributed by atoms with Crippen LogP contribution in [0.1, 0.15) is 19.8 Å². The van der Waals surface area contributed by atoms with E-state index in [1.165, 1.54) is 0 Å². The summed E-state index contributed by atoms with van der Waals surface area (Å²) in [5.41, 5.74) is 0. The Labute approximate surface area is 92.0 Å². The van der Waals surface area contributed by atoms with E-state index in [-0.39, 0.29) is 5.91 Å². The summed E-state index contributed by atoms with van der Waals surface area (Å²) in [4.78, 5) is 13.4. The van der Waals surface area contributed by atoms with Crippen LogP contribution in [-0.2, 0) is 9.53 Å². The Morgan fingerprint density at radius 1 is 1.47 bits per heavy atom. The first-order valence-corrected chi connectivity index (χ1v) is 5.76. The molecule has 0 bridgehead atoms. The summed E-state index contributed by atoms with van der Waals surface area (Å²) in [6.45, 7) is 5.87. The molecule has 15 heavy (non-hydrogen) atoms. The first kappa shape index (κ1) is 12.5. The molecule has 0 aromatic carbocycles. The van der Waals surface area contributed by atoms with Gasteiger partial charge in [-0.2, -0.15) is 0 Å². The number of hydrogen-bond donors (Lipinski definition) is 1. The number of nitrogens with one attached hydrogen (secondary N) is 1. The molecular weight excluding hydrogens is 192 g/mol. The van der Waals surface area contributed by atoms with Crippen molar-refractivity contribution in [3.05, 3.63) is 0 Å². The van der Waals surface area contributed by atoms with Crippen molar-refractivity contribution in [1.29, 1.82) is 0 Å². The predicted molar refractivity (Wildman–Crippen MR) is 59.7 cm³/mol. The number of hydrogen-bond acceptors (Lipinski definition) is 3. The van der Waals surface area contributed by atoms with Crippen LogP contribution in [0, 0.1) is 5.92 Å². The van der Waals surface area contributed by atoms with Crippen molar-refractivity contribution in [3.8, 4) is 0 Å². The van der Waals surface area contributed by atoms with Gasteiger partial charge in [0.2, 0.25) is 5.91 Å². The normalized spacial score (nSPS) is 17.7. The van der Waals surface area contributed by atoms with E-state index >= 15 is 0 Å². The maximum absolute atomic E-state index is 11.6. The van der Waals surface area contributed by atoms with Crippen LogP contribution in [0.5, 0.6) is 0 Å². The molecule has 1 fully saturated rings. The molecule has 0 radical (unpaired) electrons. The van der Waals surface area contributed by atoms with Crippen LogP contribution in [0.25, 0.3) is 0 Å². The van der Waals surface area contributed by atoms with E-state index in [2.05, 4.69) is 5.32 Å². The van der Waals surface area contributed by atoms with E-state index in [1.54, 1.807) is 0 Å². The SMILES string of the molecule is CCNCC(=O)N(C)CC1CCOCC1. The molecule has 88 valence electrons. The van der Waals surface area contributed by atoms with Crippen LogP contribution in [0.15, 0.2) is 0 Å². The largest absolute Gasteiger partial charge is 0.381 e. The van der Waals surface area contributed by atoms with Crippen molar-refractivity contribution < 1.29 is 9.53 Å².